The average Bonchev–Trinajstić information content (AvgIpc) is 3.69. The molecule has 4 aromatic rings. The summed E-state index contributed by atoms with van der Waals surface area (Å²) in [5.74, 6) is -0.780. The number of aliphatic imine (C=N–C) groups is 1. The Balaban J connectivity index is 1.33. The van der Waals surface area contributed by atoms with Crippen molar-refractivity contribution in [3.8, 4) is 0 Å². The molecule has 0 bridgehead atoms. The van der Waals surface area contributed by atoms with Crippen LogP contribution in [0.2, 0.25) is 0 Å². The van der Waals surface area contributed by atoms with E-state index in [2.05, 4.69) is 37.6 Å². The Labute approximate surface area is 225 Å². The van der Waals surface area contributed by atoms with Crippen molar-refractivity contribution in [2.45, 2.75) is 39.3 Å². The maximum absolute atomic E-state index is 13.9. The van der Waals surface area contributed by atoms with Gasteiger partial charge in [-0.15, -0.1) is 10.2 Å². The standard InChI is InChI=1S/C29H28N8O2/c1-17-14-23-32-33-24(18(2)37(23)34-17)28(38)31-27-29(39)36-13-10-20-15-21(35-11-6-7-12-35)16-22(26(20)36)25(30-27)19-8-4-3-5-9-19/h3-5,8-9,14-16,27H,6-7,10-13H2,1-2H3,(H,31,38)/t27-/m0/s1. The molecule has 10 nitrogen and oxygen atoms in total. The van der Waals surface area contributed by atoms with Gasteiger partial charge in [0.15, 0.2) is 11.3 Å². The summed E-state index contributed by atoms with van der Waals surface area (Å²) in [7, 11) is 0. The van der Waals surface area contributed by atoms with E-state index in [0.717, 1.165) is 53.3 Å². The monoisotopic (exact) mass is 520 g/mol. The van der Waals surface area contributed by atoms with E-state index in [9.17, 15) is 9.59 Å². The zero-order chi connectivity index (χ0) is 26.7. The number of fused-ring (bicyclic) bond motifs is 1. The molecule has 7 rings (SSSR count). The molecule has 1 N–H and O–H groups in total. The van der Waals surface area contributed by atoms with Crippen molar-refractivity contribution >= 4 is 34.5 Å². The van der Waals surface area contributed by atoms with Gasteiger partial charge in [0.2, 0.25) is 6.17 Å². The predicted octanol–water partition coefficient (Wildman–Crippen LogP) is 2.84. The summed E-state index contributed by atoms with van der Waals surface area (Å²) in [6.07, 6.45) is 2.00. The highest BCUT2D eigenvalue weighted by molar-refractivity contribution is 6.21. The Kier molecular flexibility index (Phi) is 5.43. The van der Waals surface area contributed by atoms with Crippen molar-refractivity contribution in [1.29, 1.82) is 0 Å². The summed E-state index contributed by atoms with van der Waals surface area (Å²) in [5.41, 5.74) is 7.69. The van der Waals surface area contributed by atoms with Crippen LogP contribution in [-0.2, 0) is 11.2 Å². The highest BCUT2D eigenvalue weighted by atomic mass is 16.2. The Morgan fingerprint density at radius 2 is 1.79 bits per heavy atom. The van der Waals surface area contributed by atoms with E-state index in [1.807, 2.05) is 37.3 Å². The molecule has 2 aromatic heterocycles. The normalized spacial score (nSPS) is 18.4. The SMILES string of the molecule is Cc1cc2nnc(C(=O)N[C@@H]3N=C(c4ccccc4)c4cc(N5CCCC5)cc5c4N(CC5)C3=O)c(C)n2n1. The Bertz CT molecular complexity index is 1670. The topological polar surface area (TPSA) is 108 Å². The molecule has 2 aromatic carbocycles. The van der Waals surface area contributed by atoms with Crippen LogP contribution < -0.4 is 15.1 Å². The number of nitrogens with zero attached hydrogens (tertiary/aromatic N) is 7. The predicted molar refractivity (Wildman–Crippen MR) is 148 cm³/mol. The lowest BCUT2D eigenvalue weighted by Crippen LogP contribution is -2.47. The van der Waals surface area contributed by atoms with Gasteiger partial charge < -0.3 is 15.1 Å². The number of carbonyl (C=O) groups excluding carboxylic acids is 2. The van der Waals surface area contributed by atoms with Gasteiger partial charge in [-0.3, -0.25) is 9.59 Å². The van der Waals surface area contributed by atoms with E-state index >= 15 is 0 Å². The molecule has 39 heavy (non-hydrogen) atoms. The van der Waals surface area contributed by atoms with Crippen molar-refractivity contribution in [3.05, 3.63) is 82.3 Å². The van der Waals surface area contributed by atoms with Gasteiger partial charge in [-0.25, -0.2) is 9.51 Å². The molecule has 1 fully saturated rings. The molecular weight excluding hydrogens is 492 g/mol. The van der Waals surface area contributed by atoms with Gasteiger partial charge in [-0.05, 0) is 50.8 Å². The fourth-order valence-electron chi connectivity index (χ4n) is 5.89. The largest absolute Gasteiger partial charge is 0.372 e. The number of rotatable bonds is 4. The number of hydrogen-bond donors (Lipinski definition) is 1. The first-order chi connectivity index (χ1) is 19.0. The number of nitrogens with one attached hydrogen (secondary N) is 1. The molecule has 3 aliphatic heterocycles. The Hall–Kier alpha value is -4.60. The van der Waals surface area contributed by atoms with E-state index in [1.54, 1.807) is 22.4 Å². The first-order valence-corrected chi connectivity index (χ1v) is 13.4. The molecule has 196 valence electrons. The van der Waals surface area contributed by atoms with Crippen molar-refractivity contribution in [1.82, 2.24) is 25.1 Å². The average molecular weight is 521 g/mol. The summed E-state index contributed by atoms with van der Waals surface area (Å²) in [6.45, 7) is 6.22. The maximum atomic E-state index is 13.9. The second kappa shape index (κ2) is 9.00. The molecule has 2 amide bonds. The summed E-state index contributed by atoms with van der Waals surface area (Å²) in [5, 5.41) is 15.6. The fourth-order valence-corrected chi connectivity index (χ4v) is 5.89. The fraction of sp³-hybridized carbons (Fsp3) is 0.310. The molecule has 0 aliphatic carbocycles. The minimum Gasteiger partial charge on any atom is -0.372 e. The first kappa shape index (κ1) is 23.5. The number of benzene rings is 2. The summed E-state index contributed by atoms with van der Waals surface area (Å²) in [4.78, 5) is 36.5. The highest BCUT2D eigenvalue weighted by Gasteiger charge is 2.38. The number of hydrogen-bond acceptors (Lipinski definition) is 7. The minimum atomic E-state index is -1.11. The van der Waals surface area contributed by atoms with Crippen molar-refractivity contribution in [2.24, 2.45) is 4.99 Å². The van der Waals surface area contributed by atoms with Crippen LogP contribution in [0.4, 0.5) is 11.4 Å². The number of aryl methyl sites for hydroxylation is 2. The zero-order valence-electron chi connectivity index (χ0n) is 21.9. The molecule has 0 radical (unpaired) electrons. The number of carbonyl (C=O) groups is 2. The summed E-state index contributed by atoms with van der Waals surface area (Å²) in [6, 6.07) is 16.0. The van der Waals surface area contributed by atoms with Crippen LogP contribution in [0.1, 0.15) is 51.4 Å². The highest BCUT2D eigenvalue weighted by Crippen LogP contribution is 2.40. The number of amides is 2. The van der Waals surface area contributed by atoms with Crippen LogP contribution >= 0.6 is 0 Å². The number of anilines is 2. The molecule has 0 saturated carbocycles. The first-order valence-electron chi connectivity index (χ1n) is 13.4. The van der Waals surface area contributed by atoms with Crippen LogP contribution in [0.25, 0.3) is 5.65 Å². The molecule has 0 unspecified atom stereocenters. The second-order valence-corrected chi connectivity index (χ2v) is 10.3. The van der Waals surface area contributed by atoms with Gasteiger partial charge >= 0.3 is 0 Å². The summed E-state index contributed by atoms with van der Waals surface area (Å²) >= 11 is 0. The van der Waals surface area contributed by atoms with Gasteiger partial charge in [-0.2, -0.15) is 5.10 Å². The van der Waals surface area contributed by atoms with Crippen molar-refractivity contribution in [3.63, 3.8) is 0 Å². The summed E-state index contributed by atoms with van der Waals surface area (Å²) < 4.78 is 1.59. The van der Waals surface area contributed by atoms with Gasteiger partial charge in [-0.1, -0.05) is 30.3 Å². The molecule has 5 heterocycles. The molecule has 1 saturated heterocycles. The number of aromatic nitrogens is 4. The Morgan fingerprint density at radius 3 is 2.59 bits per heavy atom. The zero-order valence-corrected chi connectivity index (χ0v) is 21.9. The van der Waals surface area contributed by atoms with Crippen molar-refractivity contribution in [2.75, 3.05) is 29.4 Å². The Morgan fingerprint density at radius 1 is 1.00 bits per heavy atom. The molecule has 1 atom stereocenters. The van der Waals surface area contributed by atoms with Crippen LogP contribution in [0, 0.1) is 13.8 Å². The maximum Gasteiger partial charge on any atom is 0.275 e. The van der Waals surface area contributed by atoms with E-state index in [-0.39, 0.29) is 11.6 Å². The third kappa shape index (κ3) is 3.86. The van der Waals surface area contributed by atoms with E-state index in [0.29, 0.717) is 23.6 Å². The van der Waals surface area contributed by atoms with E-state index in [1.165, 1.54) is 12.8 Å². The van der Waals surface area contributed by atoms with Gasteiger partial charge in [0.05, 0.1) is 22.8 Å². The lowest BCUT2D eigenvalue weighted by Gasteiger charge is -2.23. The third-order valence-electron chi connectivity index (χ3n) is 7.79. The molecular formula is C29H28N8O2. The van der Waals surface area contributed by atoms with Gasteiger partial charge in [0.1, 0.15) is 0 Å². The van der Waals surface area contributed by atoms with E-state index in [4.69, 9.17) is 4.99 Å². The quantitative estimate of drug-likeness (QED) is 0.443. The smallest absolute Gasteiger partial charge is 0.275 e. The minimum absolute atomic E-state index is 0.107. The molecule has 3 aliphatic rings. The van der Waals surface area contributed by atoms with Gasteiger partial charge in [0, 0.05) is 42.5 Å². The van der Waals surface area contributed by atoms with E-state index < -0.39 is 12.1 Å². The third-order valence-corrected chi connectivity index (χ3v) is 7.79. The van der Waals surface area contributed by atoms with Crippen molar-refractivity contribution < 1.29 is 9.59 Å². The van der Waals surface area contributed by atoms with Crippen LogP contribution in [0.15, 0.2) is 53.5 Å². The van der Waals surface area contributed by atoms with Crippen LogP contribution in [0.5, 0.6) is 0 Å². The molecule has 0 spiro atoms. The lowest BCUT2D eigenvalue weighted by atomic mass is 9.97. The van der Waals surface area contributed by atoms with Crippen LogP contribution in [-0.4, -0.2) is 63.1 Å². The van der Waals surface area contributed by atoms with Crippen LogP contribution in [0.3, 0.4) is 0 Å². The second-order valence-electron chi connectivity index (χ2n) is 10.3. The lowest BCUT2D eigenvalue weighted by molar-refractivity contribution is -0.120. The molecule has 10 heteroatoms. The van der Waals surface area contributed by atoms with Gasteiger partial charge in [0.25, 0.3) is 11.8 Å².